The second-order valence-electron chi connectivity index (χ2n) is 8.32. The molecule has 132 valence electrons. The fourth-order valence-electron chi connectivity index (χ4n) is 5.46. The van der Waals surface area contributed by atoms with Crippen molar-refractivity contribution in [3.05, 3.63) is 17.5 Å². The maximum Gasteiger partial charge on any atom is 0.317 e. The van der Waals surface area contributed by atoms with E-state index in [9.17, 15) is 4.79 Å². The van der Waals surface area contributed by atoms with Gasteiger partial charge in [-0.25, -0.2) is 4.79 Å². The molecular formula is C19H30N4O. The van der Waals surface area contributed by atoms with Crippen molar-refractivity contribution >= 4 is 6.03 Å². The minimum Gasteiger partial charge on any atom is -0.338 e. The van der Waals surface area contributed by atoms with E-state index < -0.39 is 0 Å². The number of nitrogens with zero attached hydrogens (tertiary/aromatic N) is 3. The molecule has 5 nitrogen and oxygen atoms in total. The molecule has 2 saturated carbocycles. The van der Waals surface area contributed by atoms with Gasteiger partial charge in [-0.05, 0) is 76.2 Å². The molecule has 4 bridgehead atoms. The van der Waals surface area contributed by atoms with Crippen LogP contribution in [-0.4, -0.2) is 39.8 Å². The van der Waals surface area contributed by atoms with E-state index in [-0.39, 0.29) is 6.03 Å². The molecule has 0 radical (unpaired) electrons. The first-order valence-electron chi connectivity index (χ1n) is 9.64. The Morgan fingerprint density at radius 1 is 1.17 bits per heavy atom. The van der Waals surface area contributed by atoms with Gasteiger partial charge in [-0.1, -0.05) is 0 Å². The number of rotatable bonds is 4. The van der Waals surface area contributed by atoms with E-state index in [0.717, 1.165) is 49.5 Å². The Hall–Kier alpha value is -1.52. The maximum absolute atomic E-state index is 12.7. The number of fused-ring (bicyclic) bond motifs is 1. The summed E-state index contributed by atoms with van der Waals surface area (Å²) < 4.78 is 2.04. The van der Waals surface area contributed by atoms with E-state index in [1.54, 1.807) is 0 Å². The van der Waals surface area contributed by atoms with E-state index in [2.05, 4.69) is 28.3 Å². The number of carbonyl (C=O) groups is 1. The molecule has 1 aromatic rings. The monoisotopic (exact) mass is 330 g/mol. The van der Waals surface area contributed by atoms with Gasteiger partial charge in [0.25, 0.3) is 0 Å². The zero-order chi connectivity index (χ0) is 16.7. The molecule has 2 aliphatic heterocycles. The number of nitrogens with one attached hydrogen (secondary N) is 1. The number of hydrogen-bond donors (Lipinski definition) is 1. The van der Waals surface area contributed by atoms with Gasteiger partial charge >= 0.3 is 6.03 Å². The van der Waals surface area contributed by atoms with Crippen LogP contribution in [0.2, 0.25) is 0 Å². The van der Waals surface area contributed by atoms with Gasteiger partial charge in [0.05, 0.1) is 5.69 Å². The Morgan fingerprint density at radius 2 is 1.88 bits per heavy atom. The number of amides is 2. The zero-order valence-corrected chi connectivity index (χ0v) is 15.0. The molecule has 3 heterocycles. The third-order valence-corrected chi connectivity index (χ3v) is 6.29. The molecule has 0 aromatic carbocycles. The van der Waals surface area contributed by atoms with Crippen LogP contribution in [0.4, 0.5) is 4.79 Å². The molecule has 5 heteroatoms. The highest BCUT2D eigenvalue weighted by Crippen LogP contribution is 2.47. The molecule has 0 spiro atoms. The lowest BCUT2D eigenvalue weighted by molar-refractivity contribution is 0.131. The second-order valence-corrected chi connectivity index (χ2v) is 8.32. The fraction of sp³-hybridized carbons (Fsp3) is 0.789. The van der Waals surface area contributed by atoms with Crippen molar-refractivity contribution in [2.75, 3.05) is 13.1 Å². The summed E-state index contributed by atoms with van der Waals surface area (Å²) in [6.45, 7) is 6.70. The lowest BCUT2D eigenvalue weighted by atomic mass is 9.68. The molecule has 4 atom stereocenters. The fourth-order valence-corrected chi connectivity index (χ4v) is 5.46. The molecule has 2 unspecified atom stereocenters. The van der Waals surface area contributed by atoms with Gasteiger partial charge in [-0.2, -0.15) is 5.10 Å². The number of urea groups is 1. The predicted molar refractivity (Wildman–Crippen MR) is 93.8 cm³/mol. The Morgan fingerprint density at radius 3 is 2.54 bits per heavy atom. The summed E-state index contributed by atoms with van der Waals surface area (Å²) in [6, 6.07) is 2.76. The number of aryl methyl sites for hydroxylation is 3. The van der Waals surface area contributed by atoms with Crippen LogP contribution in [0, 0.1) is 31.6 Å². The van der Waals surface area contributed by atoms with Crippen molar-refractivity contribution in [3.63, 3.8) is 0 Å². The molecule has 24 heavy (non-hydrogen) atoms. The maximum atomic E-state index is 12.7. The van der Waals surface area contributed by atoms with Crippen molar-refractivity contribution in [2.24, 2.45) is 17.8 Å². The van der Waals surface area contributed by atoms with Crippen LogP contribution in [0.3, 0.4) is 0 Å². The van der Waals surface area contributed by atoms with Crippen molar-refractivity contribution in [2.45, 2.75) is 65.0 Å². The summed E-state index contributed by atoms with van der Waals surface area (Å²) in [4.78, 5) is 14.9. The van der Waals surface area contributed by atoms with Crippen LogP contribution in [0.15, 0.2) is 6.07 Å². The van der Waals surface area contributed by atoms with Gasteiger partial charge in [-0.15, -0.1) is 0 Å². The van der Waals surface area contributed by atoms with E-state index >= 15 is 0 Å². The van der Waals surface area contributed by atoms with E-state index in [0.29, 0.717) is 6.04 Å². The summed E-state index contributed by atoms with van der Waals surface area (Å²) in [7, 11) is 0. The SMILES string of the molecule is Cc1cc(C)n(CCCNC(=O)N2CC3C[C@@H]4CC2C[C@H](C3)C4)n1. The topological polar surface area (TPSA) is 50.2 Å². The molecule has 5 rings (SSSR count). The van der Waals surface area contributed by atoms with Crippen LogP contribution in [-0.2, 0) is 6.54 Å². The first-order valence-corrected chi connectivity index (χ1v) is 9.64. The van der Waals surface area contributed by atoms with Crippen LogP contribution < -0.4 is 5.32 Å². The van der Waals surface area contributed by atoms with Gasteiger partial charge in [0.15, 0.2) is 0 Å². The molecule has 2 amide bonds. The van der Waals surface area contributed by atoms with Gasteiger partial charge < -0.3 is 10.2 Å². The van der Waals surface area contributed by atoms with Gasteiger partial charge in [0, 0.05) is 31.4 Å². The zero-order valence-electron chi connectivity index (χ0n) is 15.0. The Labute approximate surface area is 144 Å². The van der Waals surface area contributed by atoms with Gasteiger partial charge in [0.2, 0.25) is 0 Å². The number of aromatic nitrogens is 2. The lowest BCUT2D eigenvalue weighted by Crippen LogP contribution is -2.47. The highest BCUT2D eigenvalue weighted by atomic mass is 16.2. The molecule has 2 saturated heterocycles. The standard InChI is InChI=1S/C19H30N4O/c1-13-6-14(2)23(21-13)5-3-4-20-19(24)22-12-17-8-15-7-16(9-17)11-18(22)10-15/h6,15-18H,3-5,7-12H2,1-2H3,(H,20,24)/t15-,16+,17?,18?. The second kappa shape index (κ2) is 6.41. The smallest absolute Gasteiger partial charge is 0.317 e. The van der Waals surface area contributed by atoms with Crippen LogP contribution in [0.1, 0.15) is 49.9 Å². The normalized spacial score (nSPS) is 31.3. The molecule has 4 fully saturated rings. The van der Waals surface area contributed by atoms with Crippen molar-refractivity contribution < 1.29 is 4.79 Å². The molecule has 4 aliphatic rings. The average Bonchev–Trinajstić information content (AvgIpc) is 2.71. The third-order valence-electron chi connectivity index (χ3n) is 6.29. The Balaban J connectivity index is 1.28. The Bertz CT molecular complexity index is 597. The highest BCUT2D eigenvalue weighted by Gasteiger charge is 2.43. The average molecular weight is 330 g/mol. The Kier molecular flexibility index (Phi) is 4.27. The van der Waals surface area contributed by atoms with Gasteiger partial charge in [-0.3, -0.25) is 4.68 Å². The lowest BCUT2D eigenvalue weighted by Gasteiger charge is -2.38. The third kappa shape index (κ3) is 3.17. The number of hydrogen-bond acceptors (Lipinski definition) is 2. The first-order chi connectivity index (χ1) is 11.6. The summed E-state index contributed by atoms with van der Waals surface area (Å²) in [6.07, 6.45) is 7.55. The van der Waals surface area contributed by atoms with Crippen molar-refractivity contribution in [3.8, 4) is 0 Å². The minimum absolute atomic E-state index is 0.168. The minimum atomic E-state index is 0.168. The molecular weight excluding hydrogens is 300 g/mol. The predicted octanol–water partition coefficient (Wildman–Crippen LogP) is 3.11. The first kappa shape index (κ1) is 16.0. The summed E-state index contributed by atoms with van der Waals surface area (Å²) in [5, 5.41) is 7.64. The van der Waals surface area contributed by atoms with Crippen LogP contribution in [0.5, 0.6) is 0 Å². The summed E-state index contributed by atoms with van der Waals surface area (Å²) in [5.74, 6) is 2.52. The van der Waals surface area contributed by atoms with Crippen molar-refractivity contribution in [1.82, 2.24) is 20.0 Å². The molecule has 2 aliphatic carbocycles. The quantitative estimate of drug-likeness (QED) is 0.863. The van der Waals surface area contributed by atoms with E-state index in [4.69, 9.17) is 0 Å². The highest BCUT2D eigenvalue weighted by molar-refractivity contribution is 5.74. The summed E-state index contributed by atoms with van der Waals surface area (Å²) >= 11 is 0. The molecule has 1 N–H and O–H groups in total. The van der Waals surface area contributed by atoms with E-state index in [1.165, 1.54) is 37.8 Å². The van der Waals surface area contributed by atoms with E-state index in [1.807, 2.05) is 11.6 Å². The van der Waals surface area contributed by atoms with Gasteiger partial charge in [0.1, 0.15) is 0 Å². The van der Waals surface area contributed by atoms with Crippen LogP contribution in [0.25, 0.3) is 0 Å². The van der Waals surface area contributed by atoms with Crippen molar-refractivity contribution in [1.29, 1.82) is 0 Å². The largest absolute Gasteiger partial charge is 0.338 e. The van der Waals surface area contributed by atoms with Crippen LogP contribution >= 0.6 is 0 Å². The molecule has 1 aromatic heterocycles. The summed E-state index contributed by atoms with van der Waals surface area (Å²) in [5.41, 5.74) is 2.26. The number of carbonyl (C=O) groups excluding carboxylic acids is 1.